The Labute approximate surface area is 60.0 Å². The Kier molecular flexibility index (Phi) is 1.55. The van der Waals surface area contributed by atoms with Crippen molar-refractivity contribution in [3.05, 3.63) is 26.8 Å². The van der Waals surface area contributed by atoms with Crippen molar-refractivity contribution in [3.8, 4) is 0 Å². The van der Waals surface area contributed by atoms with Gasteiger partial charge in [0.2, 0.25) is 5.82 Å². The van der Waals surface area contributed by atoms with E-state index in [2.05, 4.69) is 4.98 Å². The van der Waals surface area contributed by atoms with Crippen LogP contribution in [-0.2, 0) is 0 Å². The van der Waals surface area contributed by atoms with Crippen LogP contribution in [0.2, 0.25) is 0 Å². The third-order valence-corrected chi connectivity index (χ3v) is 1.01. The predicted octanol–water partition coefficient (Wildman–Crippen LogP) is -0.740. The third-order valence-electron chi connectivity index (χ3n) is 1.01. The fraction of sp³-hybridized carbons (Fsp3) is 0. The van der Waals surface area contributed by atoms with Crippen molar-refractivity contribution in [2.45, 2.75) is 0 Å². The number of nitrogens with two attached hydrogens (primary N) is 1. The summed E-state index contributed by atoms with van der Waals surface area (Å²) < 4.78 is 0. The van der Waals surface area contributed by atoms with Gasteiger partial charge in [0.05, 0.1) is 11.1 Å². The standard InChI is InChI=1S/C4H4N4O3/c5-3-2(8(10)11)1-6-4(9)7-3/h1H,(H3,5,6,7,9). The molecule has 0 saturated heterocycles. The Morgan fingerprint density at radius 3 is 2.82 bits per heavy atom. The van der Waals surface area contributed by atoms with Crippen molar-refractivity contribution < 1.29 is 4.92 Å². The molecule has 0 unspecified atom stereocenters. The van der Waals surface area contributed by atoms with Gasteiger partial charge >= 0.3 is 11.4 Å². The smallest absolute Gasteiger partial charge is 0.347 e. The molecule has 58 valence electrons. The van der Waals surface area contributed by atoms with Gasteiger partial charge in [-0.3, -0.25) is 10.1 Å². The molecule has 7 heteroatoms. The highest BCUT2D eigenvalue weighted by atomic mass is 16.6. The molecule has 1 aromatic rings. The molecule has 1 rings (SSSR count). The Morgan fingerprint density at radius 1 is 1.73 bits per heavy atom. The fourth-order valence-corrected chi connectivity index (χ4v) is 0.549. The van der Waals surface area contributed by atoms with Crippen molar-refractivity contribution in [3.63, 3.8) is 0 Å². The molecular formula is C4H4N4O3. The van der Waals surface area contributed by atoms with Gasteiger partial charge in [-0.1, -0.05) is 0 Å². The van der Waals surface area contributed by atoms with Gasteiger partial charge in [-0.15, -0.1) is 0 Å². The molecule has 0 atom stereocenters. The van der Waals surface area contributed by atoms with Gasteiger partial charge in [-0.05, 0) is 0 Å². The number of rotatable bonds is 1. The molecule has 0 spiro atoms. The SMILES string of the molecule is Nc1nc(=O)[nH]cc1[N+](=O)[O-]. The first-order valence-electron chi connectivity index (χ1n) is 2.61. The van der Waals surface area contributed by atoms with Gasteiger partial charge in [0.25, 0.3) is 0 Å². The maximum atomic E-state index is 10.4. The summed E-state index contributed by atoms with van der Waals surface area (Å²) in [6.07, 6.45) is 0.907. The van der Waals surface area contributed by atoms with E-state index in [9.17, 15) is 14.9 Å². The lowest BCUT2D eigenvalue weighted by Gasteiger charge is -1.91. The molecule has 0 saturated carbocycles. The van der Waals surface area contributed by atoms with Crippen LogP contribution in [0.15, 0.2) is 11.0 Å². The summed E-state index contributed by atoms with van der Waals surface area (Å²) in [6, 6.07) is 0. The van der Waals surface area contributed by atoms with Crippen LogP contribution < -0.4 is 11.4 Å². The molecule has 0 aliphatic heterocycles. The topological polar surface area (TPSA) is 115 Å². The van der Waals surface area contributed by atoms with Gasteiger partial charge in [0.1, 0.15) is 0 Å². The minimum absolute atomic E-state index is 0.376. The van der Waals surface area contributed by atoms with Crippen LogP contribution in [-0.4, -0.2) is 14.9 Å². The van der Waals surface area contributed by atoms with Gasteiger partial charge in [-0.2, -0.15) is 4.98 Å². The Morgan fingerprint density at radius 2 is 2.36 bits per heavy atom. The van der Waals surface area contributed by atoms with E-state index >= 15 is 0 Å². The van der Waals surface area contributed by atoms with Gasteiger partial charge < -0.3 is 10.7 Å². The first-order chi connectivity index (χ1) is 5.11. The van der Waals surface area contributed by atoms with E-state index in [4.69, 9.17) is 5.73 Å². The van der Waals surface area contributed by atoms with E-state index in [1.165, 1.54) is 0 Å². The van der Waals surface area contributed by atoms with Crippen LogP contribution in [0, 0.1) is 10.1 Å². The van der Waals surface area contributed by atoms with E-state index in [-0.39, 0.29) is 5.82 Å². The van der Waals surface area contributed by atoms with Gasteiger partial charge in [0, 0.05) is 0 Å². The van der Waals surface area contributed by atoms with E-state index in [0.29, 0.717) is 0 Å². The van der Waals surface area contributed by atoms with Crippen molar-refractivity contribution in [1.82, 2.24) is 9.97 Å². The number of nitrogen functional groups attached to an aromatic ring is 1. The largest absolute Gasteiger partial charge is 0.378 e. The van der Waals surface area contributed by atoms with Crippen LogP contribution in [0.3, 0.4) is 0 Å². The maximum Gasteiger partial charge on any atom is 0.347 e. The number of anilines is 1. The minimum Gasteiger partial charge on any atom is -0.378 e. The van der Waals surface area contributed by atoms with Crippen molar-refractivity contribution in [1.29, 1.82) is 0 Å². The molecule has 1 aromatic heterocycles. The van der Waals surface area contributed by atoms with Crippen LogP contribution >= 0.6 is 0 Å². The minimum atomic E-state index is -0.724. The molecule has 0 aliphatic carbocycles. The molecule has 7 nitrogen and oxygen atoms in total. The van der Waals surface area contributed by atoms with Crippen molar-refractivity contribution in [2.75, 3.05) is 5.73 Å². The van der Waals surface area contributed by atoms with Crippen LogP contribution in [0.4, 0.5) is 11.5 Å². The average molecular weight is 156 g/mol. The van der Waals surface area contributed by atoms with Crippen LogP contribution in [0.1, 0.15) is 0 Å². The summed E-state index contributed by atoms with van der Waals surface area (Å²) in [5, 5.41) is 10.1. The number of nitrogens with one attached hydrogen (secondary N) is 1. The number of hydrogen-bond donors (Lipinski definition) is 2. The molecule has 0 fully saturated rings. The molecule has 0 amide bonds. The summed E-state index contributed by atoms with van der Waals surface area (Å²) in [6.45, 7) is 0. The molecule has 1 heterocycles. The van der Waals surface area contributed by atoms with Crippen molar-refractivity contribution >= 4 is 11.5 Å². The third kappa shape index (κ3) is 1.31. The zero-order valence-corrected chi connectivity index (χ0v) is 5.27. The number of aromatic nitrogens is 2. The van der Waals surface area contributed by atoms with Gasteiger partial charge in [-0.25, -0.2) is 4.79 Å². The molecule has 0 radical (unpaired) electrons. The molecular weight excluding hydrogens is 152 g/mol. The highest BCUT2D eigenvalue weighted by Gasteiger charge is 2.11. The predicted molar refractivity (Wildman–Crippen MR) is 35.9 cm³/mol. The number of hydrogen-bond acceptors (Lipinski definition) is 5. The summed E-state index contributed by atoms with van der Waals surface area (Å²) >= 11 is 0. The highest BCUT2D eigenvalue weighted by molar-refractivity contribution is 5.48. The number of H-pyrrole nitrogens is 1. The molecule has 0 bridgehead atoms. The first-order valence-corrected chi connectivity index (χ1v) is 2.61. The Hall–Kier alpha value is -1.92. The zero-order chi connectivity index (χ0) is 8.43. The molecule has 3 N–H and O–H groups in total. The number of aromatic amines is 1. The second-order valence-corrected chi connectivity index (χ2v) is 1.73. The van der Waals surface area contributed by atoms with E-state index < -0.39 is 16.3 Å². The lowest BCUT2D eigenvalue weighted by Crippen LogP contribution is -2.13. The van der Waals surface area contributed by atoms with E-state index in [1.54, 1.807) is 0 Å². The summed E-state index contributed by atoms with van der Waals surface area (Å²) in [7, 11) is 0. The lowest BCUT2D eigenvalue weighted by atomic mass is 10.5. The molecule has 11 heavy (non-hydrogen) atoms. The van der Waals surface area contributed by atoms with Crippen LogP contribution in [0.5, 0.6) is 0 Å². The summed E-state index contributed by atoms with van der Waals surface area (Å²) in [5.74, 6) is -0.376. The Balaban J connectivity index is 3.31. The second kappa shape index (κ2) is 2.37. The van der Waals surface area contributed by atoms with E-state index in [0.717, 1.165) is 6.20 Å². The van der Waals surface area contributed by atoms with Gasteiger partial charge in [0.15, 0.2) is 0 Å². The molecule has 0 aromatic carbocycles. The summed E-state index contributed by atoms with van der Waals surface area (Å²) in [4.78, 5) is 24.9. The lowest BCUT2D eigenvalue weighted by molar-refractivity contribution is -0.384. The average Bonchev–Trinajstić information content (AvgIpc) is 1.85. The van der Waals surface area contributed by atoms with Crippen molar-refractivity contribution in [2.24, 2.45) is 0 Å². The van der Waals surface area contributed by atoms with E-state index in [1.807, 2.05) is 4.98 Å². The summed E-state index contributed by atoms with van der Waals surface area (Å²) in [5.41, 5.74) is 3.95. The Bertz CT molecular complexity index is 343. The monoisotopic (exact) mass is 156 g/mol. The number of nitro groups is 1. The normalized spacial score (nSPS) is 9.45. The maximum absolute atomic E-state index is 10.4. The highest BCUT2D eigenvalue weighted by Crippen LogP contribution is 2.12. The first kappa shape index (κ1) is 7.19. The quantitative estimate of drug-likeness (QED) is 0.410. The molecule has 0 aliphatic rings. The number of nitrogens with zero attached hydrogens (tertiary/aromatic N) is 2. The second-order valence-electron chi connectivity index (χ2n) is 1.73. The fourth-order valence-electron chi connectivity index (χ4n) is 0.549. The van der Waals surface area contributed by atoms with Crippen LogP contribution in [0.25, 0.3) is 0 Å². The zero-order valence-electron chi connectivity index (χ0n) is 5.27.